The molecule has 2 amide bonds. The van der Waals surface area contributed by atoms with Gasteiger partial charge in [-0.05, 0) is 46.3 Å². The standard InChI is InChI=1S/C26H48F2N8O2/c1-4-5-6-18(27)11-32-16(2)22(24(29)30)26(38)34-21-13-31-12-20(28)23(21)36-9-7-17(8-10-36)25(37)33-19-14-35(3)15-19/h11,16-24,31H,4-10,12-15,29-30H2,1-3H3,(H,33,37)(H,34,38). The zero-order valence-corrected chi connectivity index (χ0v) is 23.1. The van der Waals surface area contributed by atoms with E-state index in [0.717, 1.165) is 25.9 Å². The van der Waals surface area contributed by atoms with Crippen LogP contribution < -0.4 is 27.4 Å². The largest absolute Gasteiger partial charge is 0.351 e. The van der Waals surface area contributed by atoms with E-state index < -0.39 is 48.5 Å². The number of nitrogens with one attached hydrogen (secondary N) is 3. The predicted octanol–water partition coefficient (Wildman–Crippen LogP) is -0.229. The molecule has 0 saturated carbocycles. The number of piperidine rings is 2. The van der Waals surface area contributed by atoms with Crippen molar-refractivity contribution < 1.29 is 18.4 Å². The van der Waals surface area contributed by atoms with Gasteiger partial charge in [-0.1, -0.05) is 19.8 Å². The average Bonchev–Trinajstić information content (AvgIpc) is 2.85. The molecule has 0 aromatic heterocycles. The summed E-state index contributed by atoms with van der Waals surface area (Å²) in [7, 11) is 2.02. The Balaban J connectivity index is 1.57. The fraction of sp³-hybridized carbons (Fsp3) is 0.885. The number of carbonyl (C=O) groups excluding carboxylic acids is 2. The van der Waals surface area contributed by atoms with Crippen LogP contribution in [0.2, 0.25) is 0 Å². The summed E-state index contributed by atoms with van der Waals surface area (Å²) in [5.41, 5.74) is 11.9. The molecule has 3 saturated heterocycles. The van der Waals surface area contributed by atoms with Gasteiger partial charge in [-0.15, -0.1) is 0 Å². The van der Waals surface area contributed by atoms with E-state index in [0.29, 0.717) is 38.9 Å². The number of alkyl halides is 2. The Labute approximate surface area is 225 Å². The third kappa shape index (κ3) is 8.38. The van der Waals surface area contributed by atoms with Gasteiger partial charge in [-0.3, -0.25) is 19.5 Å². The third-order valence-electron chi connectivity index (χ3n) is 8.10. The summed E-state index contributed by atoms with van der Waals surface area (Å²) in [6, 6.07) is -1.44. The van der Waals surface area contributed by atoms with Crippen LogP contribution in [0.4, 0.5) is 8.78 Å². The smallest absolute Gasteiger partial charge is 0.228 e. The van der Waals surface area contributed by atoms with E-state index >= 15 is 4.39 Å². The quantitative estimate of drug-likeness (QED) is 0.169. The lowest BCUT2D eigenvalue weighted by Gasteiger charge is -2.45. The molecular formula is C26H48F2N8O2. The molecule has 3 fully saturated rings. The highest BCUT2D eigenvalue weighted by atomic mass is 19.1. The van der Waals surface area contributed by atoms with Crippen molar-refractivity contribution in [3.05, 3.63) is 0 Å². The maximum Gasteiger partial charge on any atom is 0.228 e. The Kier molecular flexibility index (Phi) is 11.8. The van der Waals surface area contributed by atoms with Gasteiger partial charge in [-0.2, -0.15) is 0 Å². The van der Waals surface area contributed by atoms with Crippen molar-refractivity contribution in [2.45, 2.75) is 88.6 Å². The first-order valence-electron chi connectivity index (χ1n) is 14.2. The van der Waals surface area contributed by atoms with E-state index in [9.17, 15) is 14.0 Å². The Bertz CT molecular complexity index is 789. The molecule has 6 unspecified atom stereocenters. The van der Waals surface area contributed by atoms with Crippen molar-refractivity contribution in [3.8, 4) is 0 Å². The van der Waals surface area contributed by atoms with Crippen LogP contribution >= 0.6 is 0 Å². The fourth-order valence-electron chi connectivity index (χ4n) is 5.85. The van der Waals surface area contributed by atoms with Gasteiger partial charge in [0, 0.05) is 38.3 Å². The zero-order valence-electron chi connectivity index (χ0n) is 23.1. The molecule has 0 aromatic carbocycles. The molecule has 10 nitrogen and oxygen atoms in total. The lowest BCUT2D eigenvalue weighted by molar-refractivity contribution is -0.128. The number of carbonyl (C=O) groups is 2. The van der Waals surface area contributed by atoms with Gasteiger partial charge >= 0.3 is 0 Å². The van der Waals surface area contributed by atoms with Crippen molar-refractivity contribution in [2.24, 2.45) is 28.3 Å². The molecule has 0 spiro atoms. The number of likely N-dealkylation sites (N-methyl/N-ethyl adjacent to an activating group) is 1. The summed E-state index contributed by atoms with van der Waals surface area (Å²) in [6.45, 7) is 7.18. The summed E-state index contributed by atoms with van der Waals surface area (Å²) in [4.78, 5) is 34.4. The van der Waals surface area contributed by atoms with Crippen molar-refractivity contribution in [2.75, 3.05) is 46.3 Å². The maximum atomic E-state index is 15.2. The summed E-state index contributed by atoms with van der Waals surface area (Å²) >= 11 is 0. The first-order chi connectivity index (χ1) is 18.1. The number of unbranched alkanes of at least 4 members (excludes halogenated alkanes) is 1. The lowest BCUT2D eigenvalue weighted by Crippen LogP contribution is -2.67. The van der Waals surface area contributed by atoms with Crippen molar-refractivity contribution in [1.82, 2.24) is 25.8 Å². The van der Waals surface area contributed by atoms with Gasteiger partial charge in [0.25, 0.3) is 0 Å². The zero-order chi connectivity index (χ0) is 27.8. The average molecular weight is 543 g/mol. The minimum Gasteiger partial charge on any atom is -0.351 e. The molecule has 3 rings (SSSR count). The second kappa shape index (κ2) is 14.6. The molecule has 3 aliphatic rings. The van der Waals surface area contributed by atoms with Gasteiger partial charge in [0.15, 0.2) is 0 Å². The number of rotatable bonds is 12. The number of hydrogen-bond donors (Lipinski definition) is 5. The molecule has 0 aromatic rings. The van der Waals surface area contributed by atoms with Gasteiger partial charge in [-0.25, -0.2) is 8.78 Å². The molecule has 12 heteroatoms. The van der Waals surface area contributed by atoms with E-state index in [1.165, 1.54) is 6.21 Å². The van der Waals surface area contributed by atoms with Crippen LogP contribution in [0.3, 0.4) is 0 Å². The number of amides is 2. The summed E-state index contributed by atoms with van der Waals surface area (Å²) < 4.78 is 29.3. The van der Waals surface area contributed by atoms with E-state index in [1.807, 2.05) is 14.0 Å². The Hall–Kier alpha value is -1.73. The number of aliphatic imine (C=N–C) groups is 1. The van der Waals surface area contributed by atoms with Crippen molar-refractivity contribution >= 4 is 18.0 Å². The molecule has 3 heterocycles. The number of nitrogens with two attached hydrogens (primary N) is 2. The topological polar surface area (TPSA) is 141 Å². The van der Waals surface area contributed by atoms with Crippen LogP contribution in [-0.4, -0.2) is 117 Å². The number of hydrogen-bond acceptors (Lipinski definition) is 8. The molecule has 38 heavy (non-hydrogen) atoms. The molecule has 0 aliphatic carbocycles. The molecule has 3 aliphatic heterocycles. The first-order valence-corrected chi connectivity index (χ1v) is 14.2. The van der Waals surface area contributed by atoms with Crippen LogP contribution in [0.15, 0.2) is 4.99 Å². The molecule has 0 bridgehead atoms. The van der Waals surface area contributed by atoms with Gasteiger partial charge in [0.2, 0.25) is 11.8 Å². The minimum atomic E-state index is -1.19. The number of halogens is 2. The van der Waals surface area contributed by atoms with Crippen molar-refractivity contribution in [3.63, 3.8) is 0 Å². The maximum absolute atomic E-state index is 15.2. The van der Waals surface area contributed by atoms with E-state index in [-0.39, 0.29) is 24.4 Å². The minimum absolute atomic E-state index is 0.0780. The lowest BCUT2D eigenvalue weighted by atomic mass is 9.89. The molecule has 218 valence electrons. The van der Waals surface area contributed by atoms with Crippen LogP contribution in [0.25, 0.3) is 0 Å². The van der Waals surface area contributed by atoms with Gasteiger partial charge in [0.05, 0.1) is 36.3 Å². The monoisotopic (exact) mass is 542 g/mol. The summed E-state index contributed by atoms with van der Waals surface area (Å²) in [5, 5.41) is 9.14. The second-order valence-corrected chi connectivity index (χ2v) is 11.3. The van der Waals surface area contributed by atoms with Gasteiger partial charge in [0.1, 0.15) is 12.3 Å². The Morgan fingerprint density at radius 2 is 1.87 bits per heavy atom. The highest BCUT2D eigenvalue weighted by Gasteiger charge is 2.42. The van der Waals surface area contributed by atoms with E-state index in [1.54, 1.807) is 6.92 Å². The number of likely N-dealkylation sites (tertiary alicyclic amines) is 2. The SMILES string of the molecule is CCCCC(F)C=NC(C)C(C(=O)NC1CNCC(F)C1N1CCC(C(=O)NC2CN(C)C2)CC1)C(N)N. The Morgan fingerprint density at radius 1 is 1.18 bits per heavy atom. The van der Waals surface area contributed by atoms with Crippen LogP contribution in [-0.2, 0) is 9.59 Å². The third-order valence-corrected chi connectivity index (χ3v) is 8.10. The van der Waals surface area contributed by atoms with Crippen LogP contribution in [0, 0.1) is 11.8 Å². The summed E-state index contributed by atoms with van der Waals surface area (Å²) in [6.07, 6.45) is 1.17. The highest BCUT2D eigenvalue weighted by molar-refractivity contribution is 5.81. The fourth-order valence-corrected chi connectivity index (χ4v) is 5.85. The van der Waals surface area contributed by atoms with Crippen molar-refractivity contribution in [1.29, 1.82) is 0 Å². The van der Waals surface area contributed by atoms with Crippen LogP contribution in [0.1, 0.15) is 46.0 Å². The van der Waals surface area contributed by atoms with E-state index in [4.69, 9.17) is 11.5 Å². The first kappa shape index (κ1) is 30.8. The molecular weight excluding hydrogens is 494 g/mol. The molecule has 0 radical (unpaired) electrons. The Morgan fingerprint density at radius 3 is 2.47 bits per heavy atom. The molecule has 6 atom stereocenters. The molecule has 7 N–H and O–H groups in total. The highest BCUT2D eigenvalue weighted by Crippen LogP contribution is 2.25. The van der Waals surface area contributed by atoms with Gasteiger partial charge < -0.3 is 32.3 Å². The van der Waals surface area contributed by atoms with Crippen LogP contribution in [0.5, 0.6) is 0 Å². The summed E-state index contributed by atoms with van der Waals surface area (Å²) in [5.74, 6) is -1.31. The van der Waals surface area contributed by atoms with E-state index in [2.05, 4.69) is 30.7 Å². The second-order valence-electron chi connectivity index (χ2n) is 11.3. The normalized spacial score (nSPS) is 28.7. The number of nitrogens with zero attached hydrogens (tertiary/aromatic N) is 3. The predicted molar refractivity (Wildman–Crippen MR) is 145 cm³/mol.